The average molecular weight is 377 g/mol. The van der Waals surface area contributed by atoms with E-state index in [4.69, 9.17) is 23.2 Å². The van der Waals surface area contributed by atoms with Gasteiger partial charge in [-0.05, 0) is 54.1 Å². The molecule has 0 heterocycles. The van der Waals surface area contributed by atoms with E-state index in [2.05, 4.69) is 21.2 Å². The van der Waals surface area contributed by atoms with Crippen molar-refractivity contribution in [2.75, 3.05) is 6.54 Å². The largest absolute Gasteiger partial charge is 0.306 e. The van der Waals surface area contributed by atoms with Gasteiger partial charge in [0, 0.05) is 14.5 Å². The Kier molecular flexibility index (Phi) is 5.44. The van der Waals surface area contributed by atoms with E-state index in [-0.39, 0.29) is 11.9 Å². The zero-order valence-electron chi connectivity index (χ0n) is 10.8. The lowest BCUT2D eigenvalue weighted by Crippen LogP contribution is -2.22. The monoisotopic (exact) mass is 375 g/mol. The van der Waals surface area contributed by atoms with E-state index in [1.54, 1.807) is 18.2 Å². The van der Waals surface area contributed by atoms with Crippen LogP contribution in [0.4, 0.5) is 4.39 Å². The summed E-state index contributed by atoms with van der Waals surface area (Å²) in [7, 11) is 0. The molecule has 0 aliphatic carbocycles. The Morgan fingerprint density at radius 2 is 1.95 bits per heavy atom. The van der Waals surface area contributed by atoms with Crippen LogP contribution in [-0.4, -0.2) is 6.54 Å². The Hall–Kier alpha value is -0.610. The van der Waals surface area contributed by atoms with Crippen LogP contribution in [0.2, 0.25) is 10.0 Å². The number of hydrogen-bond donors (Lipinski definition) is 1. The van der Waals surface area contributed by atoms with Gasteiger partial charge >= 0.3 is 0 Å². The molecule has 2 rings (SSSR count). The van der Waals surface area contributed by atoms with Gasteiger partial charge in [-0.25, -0.2) is 4.39 Å². The summed E-state index contributed by atoms with van der Waals surface area (Å²) in [5.41, 5.74) is 1.63. The SMILES string of the molecule is CCNC(c1cc(F)cc(Br)c1)c1cc(Cl)ccc1Cl. The van der Waals surface area contributed by atoms with Crippen LogP contribution in [0.1, 0.15) is 24.1 Å². The van der Waals surface area contributed by atoms with Crippen molar-refractivity contribution < 1.29 is 4.39 Å². The number of halogens is 4. The summed E-state index contributed by atoms with van der Waals surface area (Å²) in [5.74, 6) is -0.296. The molecule has 2 aromatic carbocycles. The van der Waals surface area contributed by atoms with Crippen molar-refractivity contribution in [3.63, 3.8) is 0 Å². The topological polar surface area (TPSA) is 12.0 Å². The van der Waals surface area contributed by atoms with Crippen molar-refractivity contribution >= 4 is 39.1 Å². The molecule has 0 spiro atoms. The molecule has 0 aromatic heterocycles. The van der Waals surface area contributed by atoms with Crippen LogP contribution in [0.5, 0.6) is 0 Å². The fraction of sp³-hybridized carbons (Fsp3) is 0.200. The van der Waals surface area contributed by atoms with Crippen LogP contribution >= 0.6 is 39.1 Å². The minimum atomic E-state index is -0.296. The Morgan fingerprint density at radius 3 is 2.60 bits per heavy atom. The zero-order chi connectivity index (χ0) is 14.7. The van der Waals surface area contributed by atoms with Gasteiger partial charge in [0.15, 0.2) is 0 Å². The van der Waals surface area contributed by atoms with E-state index in [9.17, 15) is 4.39 Å². The van der Waals surface area contributed by atoms with Gasteiger partial charge < -0.3 is 5.32 Å². The molecule has 0 radical (unpaired) electrons. The number of benzene rings is 2. The van der Waals surface area contributed by atoms with Gasteiger partial charge in [0.25, 0.3) is 0 Å². The first-order chi connectivity index (χ1) is 9.51. The molecular weight excluding hydrogens is 364 g/mol. The highest BCUT2D eigenvalue weighted by atomic mass is 79.9. The molecule has 20 heavy (non-hydrogen) atoms. The molecule has 106 valence electrons. The Morgan fingerprint density at radius 1 is 1.20 bits per heavy atom. The summed E-state index contributed by atoms with van der Waals surface area (Å²) in [5, 5.41) is 4.50. The van der Waals surface area contributed by atoms with Gasteiger partial charge in [-0.3, -0.25) is 0 Å². The minimum Gasteiger partial charge on any atom is -0.306 e. The van der Waals surface area contributed by atoms with E-state index in [1.165, 1.54) is 12.1 Å². The highest BCUT2D eigenvalue weighted by Gasteiger charge is 2.17. The lowest BCUT2D eigenvalue weighted by atomic mass is 9.98. The first-order valence-electron chi connectivity index (χ1n) is 6.15. The first kappa shape index (κ1) is 15.8. The summed E-state index contributed by atoms with van der Waals surface area (Å²) in [4.78, 5) is 0. The van der Waals surface area contributed by atoms with Crippen LogP contribution < -0.4 is 5.32 Å². The van der Waals surface area contributed by atoms with Gasteiger partial charge in [-0.1, -0.05) is 46.1 Å². The molecule has 0 saturated heterocycles. The standard InChI is InChI=1S/C15H13BrCl2FN/c1-2-20-15(9-5-10(16)7-12(19)6-9)13-8-11(17)3-4-14(13)18/h3-8,15,20H,2H2,1H3. The van der Waals surface area contributed by atoms with Gasteiger partial charge in [-0.2, -0.15) is 0 Å². The third kappa shape index (κ3) is 3.73. The zero-order valence-corrected chi connectivity index (χ0v) is 13.9. The second-order valence-electron chi connectivity index (χ2n) is 4.36. The van der Waals surface area contributed by atoms with Crippen molar-refractivity contribution in [3.8, 4) is 0 Å². The summed E-state index contributed by atoms with van der Waals surface area (Å²) in [6.07, 6.45) is 0. The number of hydrogen-bond acceptors (Lipinski definition) is 1. The molecule has 1 nitrogen and oxygen atoms in total. The molecule has 0 aliphatic rings. The minimum absolute atomic E-state index is 0.210. The Bertz CT molecular complexity index is 599. The molecule has 0 amide bonds. The average Bonchev–Trinajstić information content (AvgIpc) is 2.38. The van der Waals surface area contributed by atoms with Crippen LogP contribution in [0.3, 0.4) is 0 Å². The lowest BCUT2D eigenvalue weighted by molar-refractivity contribution is 0.602. The van der Waals surface area contributed by atoms with E-state index in [0.717, 1.165) is 17.7 Å². The van der Waals surface area contributed by atoms with Crippen LogP contribution in [-0.2, 0) is 0 Å². The number of nitrogens with one attached hydrogen (secondary N) is 1. The maximum Gasteiger partial charge on any atom is 0.124 e. The third-order valence-corrected chi connectivity index (χ3v) is 3.93. The molecule has 1 unspecified atom stereocenters. The normalized spacial score (nSPS) is 12.4. The fourth-order valence-electron chi connectivity index (χ4n) is 2.09. The second-order valence-corrected chi connectivity index (χ2v) is 6.12. The molecule has 0 saturated carbocycles. The van der Waals surface area contributed by atoms with Crippen molar-refractivity contribution in [2.45, 2.75) is 13.0 Å². The summed E-state index contributed by atoms with van der Waals surface area (Å²) < 4.78 is 14.3. The molecule has 2 aromatic rings. The number of rotatable bonds is 4. The predicted octanol–water partition coefficient (Wildman–Crippen LogP) is 5.59. The molecule has 1 atom stereocenters. The van der Waals surface area contributed by atoms with Crippen LogP contribution in [0.15, 0.2) is 40.9 Å². The van der Waals surface area contributed by atoms with Crippen LogP contribution in [0, 0.1) is 5.82 Å². The van der Waals surface area contributed by atoms with Crippen molar-refractivity contribution in [3.05, 3.63) is 67.9 Å². The Balaban J connectivity index is 2.52. The van der Waals surface area contributed by atoms with E-state index >= 15 is 0 Å². The third-order valence-electron chi connectivity index (χ3n) is 2.90. The smallest absolute Gasteiger partial charge is 0.124 e. The summed E-state index contributed by atoms with van der Waals surface area (Å²) >= 11 is 15.6. The second kappa shape index (κ2) is 6.90. The van der Waals surface area contributed by atoms with Crippen LogP contribution in [0.25, 0.3) is 0 Å². The molecule has 0 bridgehead atoms. The van der Waals surface area contributed by atoms with Gasteiger partial charge in [0.05, 0.1) is 6.04 Å². The van der Waals surface area contributed by atoms with Gasteiger partial charge in [0.2, 0.25) is 0 Å². The van der Waals surface area contributed by atoms with Crippen molar-refractivity contribution in [2.24, 2.45) is 0 Å². The molecule has 0 fully saturated rings. The summed E-state index contributed by atoms with van der Waals surface area (Å²) in [6.45, 7) is 2.71. The first-order valence-corrected chi connectivity index (χ1v) is 7.70. The highest BCUT2D eigenvalue weighted by molar-refractivity contribution is 9.10. The maximum absolute atomic E-state index is 13.6. The van der Waals surface area contributed by atoms with E-state index in [0.29, 0.717) is 14.5 Å². The van der Waals surface area contributed by atoms with Crippen molar-refractivity contribution in [1.29, 1.82) is 0 Å². The fourth-order valence-corrected chi connectivity index (χ4v) is 2.98. The molecule has 0 aliphatic heterocycles. The van der Waals surface area contributed by atoms with Crippen molar-refractivity contribution in [1.82, 2.24) is 5.32 Å². The van der Waals surface area contributed by atoms with E-state index < -0.39 is 0 Å². The quantitative estimate of drug-likeness (QED) is 0.732. The van der Waals surface area contributed by atoms with E-state index in [1.807, 2.05) is 13.0 Å². The predicted molar refractivity (Wildman–Crippen MR) is 86.1 cm³/mol. The molecule has 1 N–H and O–H groups in total. The highest BCUT2D eigenvalue weighted by Crippen LogP contribution is 2.32. The lowest BCUT2D eigenvalue weighted by Gasteiger charge is -2.21. The van der Waals surface area contributed by atoms with Gasteiger partial charge in [-0.15, -0.1) is 0 Å². The molecular formula is C15H13BrCl2FN. The summed E-state index contributed by atoms with van der Waals surface area (Å²) in [6, 6.07) is 9.86. The molecule has 5 heteroatoms. The maximum atomic E-state index is 13.6. The Labute approximate surface area is 136 Å². The van der Waals surface area contributed by atoms with Gasteiger partial charge in [0.1, 0.15) is 5.82 Å².